The zero-order valence-corrected chi connectivity index (χ0v) is 16.4. The molecule has 0 atom stereocenters. The average Bonchev–Trinajstić information content (AvgIpc) is 2.64. The minimum atomic E-state index is -0.172. The lowest BCUT2D eigenvalue weighted by Gasteiger charge is -2.18. The fourth-order valence-corrected chi connectivity index (χ4v) is 2.74. The van der Waals surface area contributed by atoms with Crippen LogP contribution in [-0.2, 0) is 5.41 Å². The van der Waals surface area contributed by atoms with Crippen LogP contribution in [0, 0.1) is 0 Å². The molecule has 0 aliphatic heterocycles. The highest BCUT2D eigenvalue weighted by Crippen LogP contribution is 2.22. The summed E-state index contributed by atoms with van der Waals surface area (Å²) in [5.74, 6) is -0.172. The van der Waals surface area contributed by atoms with Gasteiger partial charge >= 0.3 is 0 Å². The molecule has 1 N–H and O–H groups in total. The van der Waals surface area contributed by atoms with Crippen LogP contribution in [0.3, 0.4) is 0 Å². The minimum absolute atomic E-state index is 0.0763. The summed E-state index contributed by atoms with van der Waals surface area (Å²) < 4.78 is 0. The van der Waals surface area contributed by atoms with Crippen molar-refractivity contribution in [2.75, 3.05) is 0 Å². The van der Waals surface area contributed by atoms with E-state index >= 15 is 0 Å². The van der Waals surface area contributed by atoms with Crippen molar-refractivity contribution in [3.05, 3.63) is 71.3 Å². The molecule has 3 heteroatoms. The maximum atomic E-state index is 12.5. The molecule has 0 heterocycles. The fraction of sp³-hybridized carbons (Fsp3) is 0.391. The maximum absolute atomic E-state index is 12.5. The van der Waals surface area contributed by atoms with E-state index < -0.39 is 0 Å². The van der Waals surface area contributed by atoms with Crippen LogP contribution in [-0.4, -0.2) is 11.6 Å². The van der Waals surface area contributed by atoms with Crippen LogP contribution in [0.2, 0.25) is 0 Å². The Morgan fingerprint density at radius 2 is 1.58 bits per heavy atom. The third-order valence-corrected chi connectivity index (χ3v) is 4.43. The van der Waals surface area contributed by atoms with Crippen molar-refractivity contribution in [1.29, 1.82) is 0 Å². The van der Waals surface area contributed by atoms with Gasteiger partial charge in [0.25, 0.3) is 5.91 Å². The van der Waals surface area contributed by atoms with Crippen LogP contribution < -0.4 is 5.43 Å². The Labute approximate surface area is 157 Å². The summed E-state index contributed by atoms with van der Waals surface area (Å²) in [5, 5.41) is 4.43. The summed E-state index contributed by atoms with van der Waals surface area (Å²) in [7, 11) is 0. The fourth-order valence-electron chi connectivity index (χ4n) is 2.74. The van der Waals surface area contributed by atoms with Crippen LogP contribution in [0.25, 0.3) is 0 Å². The number of rotatable bonds is 7. The summed E-state index contributed by atoms with van der Waals surface area (Å²) in [4.78, 5) is 12.5. The van der Waals surface area contributed by atoms with Crippen molar-refractivity contribution in [3.63, 3.8) is 0 Å². The number of hydrogen-bond acceptors (Lipinski definition) is 2. The highest BCUT2D eigenvalue weighted by molar-refractivity contribution is 6.02. The third kappa shape index (κ3) is 5.83. The predicted octanol–water partition coefficient (Wildman–Crippen LogP) is 5.70. The molecule has 0 saturated heterocycles. The van der Waals surface area contributed by atoms with E-state index in [-0.39, 0.29) is 11.3 Å². The number of amides is 1. The zero-order chi connectivity index (χ0) is 19.0. The summed E-state index contributed by atoms with van der Waals surface area (Å²) in [5.41, 5.74) is 6.64. The van der Waals surface area contributed by atoms with E-state index in [1.807, 2.05) is 54.6 Å². The van der Waals surface area contributed by atoms with Gasteiger partial charge in [0.15, 0.2) is 0 Å². The van der Waals surface area contributed by atoms with Crippen LogP contribution in [0.5, 0.6) is 0 Å². The second-order valence-corrected chi connectivity index (χ2v) is 7.65. The van der Waals surface area contributed by atoms with E-state index in [1.165, 1.54) is 5.56 Å². The van der Waals surface area contributed by atoms with E-state index in [2.05, 4.69) is 38.2 Å². The van der Waals surface area contributed by atoms with Crippen LogP contribution >= 0.6 is 0 Å². The number of hydrazone groups is 1. The van der Waals surface area contributed by atoms with Crippen molar-refractivity contribution in [2.45, 2.75) is 58.8 Å². The largest absolute Gasteiger partial charge is 0.271 e. The molecule has 3 nitrogen and oxygen atoms in total. The van der Waals surface area contributed by atoms with Crippen molar-refractivity contribution < 1.29 is 4.79 Å². The number of carbonyl (C=O) groups is 1. The third-order valence-electron chi connectivity index (χ3n) is 4.43. The summed E-state index contributed by atoms with van der Waals surface area (Å²) >= 11 is 0. The van der Waals surface area contributed by atoms with Crippen LogP contribution in [0.4, 0.5) is 0 Å². The smallest absolute Gasteiger partial charge is 0.267 e. The van der Waals surface area contributed by atoms with Crippen molar-refractivity contribution in [3.8, 4) is 0 Å². The van der Waals surface area contributed by atoms with Gasteiger partial charge in [-0.2, -0.15) is 5.10 Å². The van der Waals surface area contributed by atoms with Gasteiger partial charge in [0.2, 0.25) is 0 Å². The minimum Gasteiger partial charge on any atom is -0.267 e. The molecular formula is C23H30N2O. The first-order valence-electron chi connectivity index (χ1n) is 9.44. The summed E-state index contributed by atoms with van der Waals surface area (Å²) in [6.45, 7) is 8.67. The Morgan fingerprint density at radius 3 is 2.15 bits per heavy atom. The molecule has 1 amide bonds. The maximum Gasteiger partial charge on any atom is 0.271 e. The van der Waals surface area contributed by atoms with Gasteiger partial charge < -0.3 is 0 Å². The lowest BCUT2D eigenvalue weighted by Crippen LogP contribution is -2.20. The quantitative estimate of drug-likeness (QED) is 0.388. The van der Waals surface area contributed by atoms with E-state index in [0.29, 0.717) is 5.56 Å². The average molecular weight is 351 g/mol. The van der Waals surface area contributed by atoms with Gasteiger partial charge in [-0.05, 0) is 41.5 Å². The molecule has 2 aromatic rings. The number of benzene rings is 2. The highest BCUT2D eigenvalue weighted by Gasteiger charge is 2.14. The first kappa shape index (κ1) is 19.9. The molecule has 0 aliphatic rings. The van der Waals surface area contributed by atoms with E-state index in [0.717, 1.165) is 37.0 Å². The number of nitrogens with zero attached hydrogens (tertiary/aromatic N) is 1. The Morgan fingerprint density at radius 1 is 0.923 bits per heavy atom. The lowest BCUT2D eigenvalue weighted by atomic mass is 9.87. The first-order chi connectivity index (χ1) is 12.4. The Kier molecular flexibility index (Phi) is 7.14. The van der Waals surface area contributed by atoms with Gasteiger partial charge in [0.05, 0.1) is 5.71 Å². The number of hydrogen-bond donors (Lipinski definition) is 1. The van der Waals surface area contributed by atoms with E-state index in [9.17, 15) is 4.79 Å². The molecule has 0 unspecified atom stereocenters. The SMILES string of the molecule is CCCCCC(=NNC(=O)c1ccc(C(C)(C)C)cc1)c1ccccc1. The van der Waals surface area contributed by atoms with Gasteiger partial charge in [-0.3, -0.25) is 4.79 Å². The first-order valence-corrected chi connectivity index (χ1v) is 9.44. The van der Waals surface area contributed by atoms with Gasteiger partial charge in [-0.15, -0.1) is 0 Å². The Hall–Kier alpha value is -2.42. The number of unbranched alkanes of at least 4 members (excludes halogenated alkanes) is 2. The van der Waals surface area contributed by atoms with Crippen LogP contribution in [0.15, 0.2) is 59.7 Å². The molecule has 0 aromatic heterocycles. The molecule has 2 aromatic carbocycles. The van der Waals surface area contributed by atoms with Crippen LogP contribution in [0.1, 0.15) is 74.9 Å². The lowest BCUT2D eigenvalue weighted by molar-refractivity contribution is 0.0954. The molecular weight excluding hydrogens is 320 g/mol. The molecule has 138 valence electrons. The molecule has 0 aliphatic carbocycles. The molecule has 0 bridgehead atoms. The van der Waals surface area contributed by atoms with Gasteiger partial charge in [0, 0.05) is 5.56 Å². The molecule has 0 fully saturated rings. The monoisotopic (exact) mass is 350 g/mol. The van der Waals surface area contributed by atoms with Gasteiger partial charge in [0.1, 0.15) is 0 Å². The Balaban J connectivity index is 2.11. The van der Waals surface area contributed by atoms with E-state index in [4.69, 9.17) is 0 Å². The second-order valence-electron chi connectivity index (χ2n) is 7.65. The highest BCUT2D eigenvalue weighted by atomic mass is 16.2. The number of carbonyl (C=O) groups excluding carboxylic acids is 1. The molecule has 0 saturated carbocycles. The summed E-state index contributed by atoms with van der Waals surface area (Å²) in [6.07, 6.45) is 4.25. The normalized spacial score (nSPS) is 12.1. The standard InChI is InChI=1S/C23H30N2O/c1-5-6-8-13-21(18-11-9-7-10-12-18)24-25-22(26)19-14-16-20(17-15-19)23(2,3)4/h7,9-12,14-17H,5-6,8,13H2,1-4H3,(H,25,26). The second kappa shape index (κ2) is 9.33. The predicted molar refractivity (Wildman–Crippen MR) is 110 cm³/mol. The molecule has 0 spiro atoms. The van der Waals surface area contributed by atoms with Crippen molar-refractivity contribution in [2.24, 2.45) is 5.10 Å². The summed E-state index contributed by atoms with van der Waals surface area (Å²) in [6, 6.07) is 17.8. The zero-order valence-electron chi connectivity index (χ0n) is 16.4. The number of nitrogens with one attached hydrogen (secondary N) is 1. The van der Waals surface area contributed by atoms with Crippen molar-refractivity contribution in [1.82, 2.24) is 5.43 Å². The molecule has 0 radical (unpaired) electrons. The molecule has 2 rings (SSSR count). The van der Waals surface area contributed by atoms with Crippen molar-refractivity contribution >= 4 is 11.6 Å². The Bertz CT molecular complexity index is 725. The van der Waals surface area contributed by atoms with E-state index in [1.54, 1.807) is 0 Å². The van der Waals surface area contributed by atoms with Gasteiger partial charge in [-0.1, -0.05) is 83.0 Å². The topological polar surface area (TPSA) is 41.5 Å². The van der Waals surface area contributed by atoms with Gasteiger partial charge in [-0.25, -0.2) is 5.43 Å². The molecule has 26 heavy (non-hydrogen) atoms.